The minimum Gasteiger partial charge on any atom is -0.491 e. The molecular weight excluding hydrogens is 460 g/mol. The van der Waals surface area contributed by atoms with E-state index in [0.29, 0.717) is 43.1 Å². The van der Waals surface area contributed by atoms with Crippen molar-refractivity contribution >= 4 is 27.5 Å². The van der Waals surface area contributed by atoms with Gasteiger partial charge in [-0.1, -0.05) is 41.9 Å². The second-order valence-corrected chi connectivity index (χ2v) is 11.1. The molecule has 3 rings (SSSR count). The summed E-state index contributed by atoms with van der Waals surface area (Å²) in [4.78, 5) is 12.5. The highest BCUT2D eigenvalue weighted by atomic mass is 35.5. The highest BCUT2D eigenvalue weighted by Gasteiger charge is 2.31. The predicted octanol–water partition coefficient (Wildman–Crippen LogP) is 4.42. The number of piperidine rings is 1. The summed E-state index contributed by atoms with van der Waals surface area (Å²) in [5.41, 5.74) is 1.80. The zero-order valence-corrected chi connectivity index (χ0v) is 20.9. The Morgan fingerprint density at radius 2 is 1.79 bits per heavy atom. The van der Waals surface area contributed by atoms with E-state index in [2.05, 4.69) is 17.4 Å². The first-order valence-corrected chi connectivity index (χ1v) is 13.5. The molecule has 1 saturated heterocycles. The molecule has 0 spiro atoms. The highest BCUT2D eigenvalue weighted by Crippen LogP contribution is 2.24. The molecule has 1 N–H and O–H groups in total. The summed E-state index contributed by atoms with van der Waals surface area (Å²) in [6.45, 7) is 5.32. The van der Waals surface area contributed by atoms with Crippen molar-refractivity contribution in [3.8, 4) is 5.75 Å². The molecule has 0 radical (unpaired) electrons. The van der Waals surface area contributed by atoms with Gasteiger partial charge in [0.1, 0.15) is 5.75 Å². The average Bonchev–Trinajstić information content (AvgIpc) is 2.79. The van der Waals surface area contributed by atoms with Crippen LogP contribution in [0, 0.1) is 5.92 Å². The van der Waals surface area contributed by atoms with Crippen molar-refractivity contribution in [3.63, 3.8) is 0 Å². The molecule has 0 aliphatic carbocycles. The van der Waals surface area contributed by atoms with Crippen molar-refractivity contribution in [2.24, 2.45) is 5.92 Å². The van der Waals surface area contributed by atoms with Gasteiger partial charge in [-0.2, -0.15) is 0 Å². The average molecular weight is 493 g/mol. The van der Waals surface area contributed by atoms with Crippen LogP contribution in [0.3, 0.4) is 0 Å². The molecular formula is C25H33ClN2O4S. The zero-order chi connectivity index (χ0) is 23.8. The lowest BCUT2D eigenvalue weighted by atomic mass is 9.97. The van der Waals surface area contributed by atoms with Gasteiger partial charge in [-0.25, -0.2) is 12.7 Å². The molecule has 2 aromatic carbocycles. The van der Waals surface area contributed by atoms with E-state index in [9.17, 15) is 13.2 Å². The fourth-order valence-corrected chi connectivity index (χ4v) is 5.83. The van der Waals surface area contributed by atoms with Crippen LogP contribution < -0.4 is 10.1 Å². The van der Waals surface area contributed by atoms with Crippen LogP contribution in [0.4, 0.5) is 0 Å². The van der Waals surface area contributed by atoms with E-state index >= 15 is 0 Å². The fraction of sp³-hybridized carbons (Fsp3) is 0.480. The lowest BCUT2D eigenvalue weighted by molar-refractivity contribution is -0.126. The van der Waals surface area contributed by atoms with Crippen LogP contribution in [0.15, 0.2) is 48.5 Å². The molecule has 2 aromatic rings. The lowest BCUT2D eigenvalue weighted by Gasteiger charge is -2.30. The second-order valence-electron chi connectivity index (χ2n) is 8.73. The standard InChI is InChI=1S/C25H33ClN2O4S/c1-19(2)32-23-11-9-20(10-12-23)6-5-15-27-25(29)21-13-16-28(17-14-21)33(30,31)18-22-7-3-4-8-24(22)26/h3-4,7-12,19,21H,5-6,13-18H2,1-2H3,(H,27,29). The number of hydrogen-bond donors (Lipinski definition) is 1. The molecule has 1 fully saturated rings. The molecule has 0 unspecified atom stereocenters. The van der Waals surface area contributed by atoms with Gasteiger partial charge in [0.05, 0.1) is 11.9 Å². The SMILES string of the molecule is CC(C)Oc1ccc(CCCNC(=O)C2CCN(S(=O)(=O)Cc3ccccc3Cl)CC2)cc1. The quantitative estimate of drug-likeness (QED) is 0.498. The summed E-state index contributed by atoms with van der Waals surface area (Å²) in [5.74, 6) is 0.610. The number of ether oxygens (including phenoxy) is 1. The van der Waals surface area contributed by atoms with E-state index < -0.39 is 10.0 Å². The number of nitrogens with zero attached hydrogens (tertiary/aromatic N) is 1. The molecule has 0 atom stereocenters. The Kier molecular flexibility index (Phi) is 9.18. The van der Waals surface area contributed by atoms with Gasteiger partial charge >= 0.3 is 0 Å². The molecule has 0 aromatic heterocycles. The van der Waals surface area contributed by atoms with Gasteiger partial charge < -0.3 is 10.1 Å². The number of hydrogen-bond acceptors (Lipinski definition) is 4. The molecule has 1 aliphatic heterocycles. The molecule has 8 heteroatoms. The number of carbonyl (C=O) groups is 1. The van der Waals surface area contributed by atoms with Crippen LogP contribution in [-0.2, 0) is 27.0 Å². The van der Waals surface area contributed by atoms with Crippen LogP contribution in [0.5, 0.6) is 5.75 Å². The maximum atomic E-state index is 12.8. The summed E-state index contributed by atoms with van der Waals surface area (Å²) in [6.07, 6.45) is 2.94. The first kappa shape index (κ1) is 25.5. The third-order valence-corrected chi connectivity index (χ3v) is 7.95. The number of aryl methyl sites for hydroxylation is 1. The Labute approximate surface area is 202 Å². The van der Waals surface area contributed by atoms with Crippen molar-refractivity contribution in [3.05, 3.63) is 64.7 Å². The normalized spacial score (nSPS) is 15.5. The maximum absolute atomic E-state index is 12.8. The van der Waals surface area contributed by atoms with Gasteiger partial charge in [0.15, 0.2) is 0 Å². The number of nitrogens with one attached hydrogen (secondary N) is 1. The number of rotatable bonds is 10. The third-order valence-electron chi connectivity index (χ3n) is 5.75. The first-order chi connectivity index (χ1) is 15.7. The summed E-state index contributed by atoms with van der Waals surface area (Å²) in [7, 11) is -3.46. The lowest BCUT2D eigenvalue weighted by Crippen LogP contribution is -2.43. The molecule has 0 saturated carbocycles. The first-order valence-electron chi connectivity index (χ1n) is 11.5. The van der Waals surface area contributed by atoms with Gasteiger partial charge in [-0.05, 0) is 68.9 Å². The van der Waals surface area contributed by atoms with Crippen molar-refractivity contribution in [1.82, 2.24) is 9.62 Å². The summed E-state index contributed by atoms with van der Waals surface area (Å²) in [6, 6.07) is 15.0. The minimum absolute atomic E-state index is 0.0128. The van der Waals surface area contributed by atoms with Crippen molar-refractivity contribution in [2.75, 3.05) is 19.6 Å². The fourth-order valence-electron chi connectivity index (χ4n) is 3.95. The maximum Gasteiger partial charge on any atom is 0.223 e. The predicted molar refractivity (Wildman–Crippen MR) is 132 cm³/mol. The number of benzene rings is 2. The Bertz CT molecular complexity index is 1020. The smallest absolute Gasteiger partial charge is 0.223 e. The Morgan fingerprint density at radius 3 is 2.42 bits per heavy atom. The molecule has 1 amide bonds. The molecule has 1 aliphatic rings. The molecule has 6 nitrogen and oxygen atoms in total. The molecule has 0 bridgehead atoms. The van der Waals surface area contributed by atoms with Gasteiger partial charge in [0.2, 0.25) is 15.9 Å². The number of amides is 1. The van der Waals surface area contributed by atoms with Crippen molar-refractivity contribution in [2.45, 2.75) is 51.4 Å². The largest absolute Gasteiger partial charge is 0.491 e. The van der Waals surface area contributed by atoms with E-state index in [4.69, 9.17) is 16.3 Å². The van der Waals surface area contributed by atoms with Crippen LogP contribution >= 0.6 is 11.6 Å². The molecule has 33 heavy (non-hydrogen) atoms. The second kappa shape index (κ2) is 11.9. The van der Waals surface area contributed by atoms with Crippen LogP contribution in [0.25, 0.3) is 0 Å². The van der Waals surface area contributed by atoms with E-state index in [1.165, 1.54) is 9.87 Å². The van der Waals surface area contributed by atoms with E-state index in [1.807, 2.05) is 26.0 Å². The zero-order valence-electron chi connectivity index (χ0n) is 19.3. The summed E-state index contributed by atoms with van der Waals surface area (Å²) < 4.78 is 32.7. The summed E-state index contributed by atoms with van der Waals surface area (Å²) in [5, 5.41) is 3.47. The van der Waals surface area contributed by atoms with Gasteiger partial charge in [0.25, 0.3) is 0 Å². The number of halogens is 1. The van der Waals surface area contributed by atoms with Gasteiger partial charge in [-0.3, -0.25) is 4.79 Å². The third kappa shape index (κ3) is 7.73. The van der Waals surface area contributed by atoms with E-state index in [1.54, 1.807) is 24.3 Å². The van der Waals surface area contributed by atoms with E-state index in [0.717, 1.165) is 18.6 Å². The van der Waals surface area contributed by atoms with Crippen molar-refractivity contribution in [1.29, 1.82) is 0 Å². The minimum atomic E-state index is -3.46. The molecule has 180 valence electrons. The van der Waals surface area contributed by atoms with Crippen LogP contribution in [-0.4, -0.2) is 44.4 Å². The van der Waals surface area contributed by atoms with E-state index in [-0.39, 0.29) is 23.7 Å². The topological polar surface area (TPSA) is 75.7 Å². The monoisotopic (exact) mass is 492 g/mol. The van der Waals surface area contributed by atoms with Crippen LogP contribution in [0.1, 0.15) is 44.2 Å². The van der Waals surface area contributed by atoms with Gasteiger partial charge in [-0.15, -0.1) is 0 Å². The van der Waals surface area contributed by atoms with Gasteiger partial charge in [0, 0.05) is 30.6 Å². The Hall–Kier alpha value is -2.09. The number of sulfonamides is 1. The Morgan fingerprint density at radius 1 is 1.12 bits per heavy atom. The highest BCUT2D eigenvalue weighted by molar-refractivity contribution is 7.88. The summed E-state index contributed by atoms with van der Waals surface area (Å²) >= 11 is 6.12. The molecule has 1 heterocycles. The van der Waals surface area contributed by atoms with Crippen molar-refractivity contribution < 1.29 is 17.9 Å². The number of carbonyl (C=O) groups excluding carboxylic acids is 1. The van der Waals surface area contributed by atoms with Crippen LogP contribution in [0.2, 0.25) is 5.02 Å². The Balaban J connectivity index is 1.38.